The summed E-state index contributed by atoms with van der Waals surface area (Å²) in [5.74, 6) is 0.166. The molecule has 0 atom stereocenters. The molecule has 1 amide bonds. The second-order valence-electron chi connectivity index (χ2n) is 5.32. The highest BCUT2D eigenvalue weighted by Gasteiger charge is 2.19. The SMILES string of the molecule is Cc1ccccc1N(C)C(=O)CN1CCN(C)CC1. The lowest BCUT2D eigenvalue weighted by molar-refractivity contribution is -0.119. The summed E-state index contributed by atoms with van der Waals surface area (Å²) in [6.45, 7) is 6.59. The summed E-state index contributed by atoms with van der Waals surface area (Å²) in [5, 5.41) is 0. The molecule has 1 aromatic carbocycles. The number of piperazine rings is 1. The van der Waals surface area contributed by atoms with Crippen LogP contribution in [0.2, 0.25) is 0 Å². The van der Waals surface area contributed by atoms with Crippen LogP contribution in [0.25, 0.3) is 0 Å². The van der Waals surface area contributed by atoms with Crippen molar-refractivity contribution in [2.24, 2.45) is 0 Å². The first kappa shape index (κ1) is 14.0. The van der Waals surface area contributed by atoms with Crippen LogP contribution >= 0.6 is 0 Å². The molecule has 0 radical (unpaired) electrons. The predicted molar refractivity (Wildman–Crippen MR) is 78.5 cm³/mol. The first-order valence-electron chi connectivity index (χ1n) is 6.81. The van der Waals surface area contributed by atoms with E-state index in [1.807, 2.05) is 38.2 Å². The molecule has 0 N–H and O–H groups in total. The van der Waals surface area contributed by atoms with Gasteiger partial charge in [-0.1, -0.05) is 18.2 Å². The Morgan fingerprint density at radius 1 is 1.21 bits per heavy atom. The third-order valence-corrected chi connectivity index (χ3v) is 3.81. The summed E-state index contributed by atoms with van der Waals surface area (Å²) in [6.07, 6.45) is 0. The Hall–Kier alpha value is -1.39. The van der Waals surface area contributed by atoms with Crippen LogP contribution in [0.1, 0.15) is 5.56 Å². The smallest absolute Gasteiger partial charge is 0.240 e. The fraction of sp³-hybridized carbons (Fsp3) is 0.533. The van der Waals surface area contributed by atoms with Crippen LogP contribution in [0, 0.1) is 6.92 Å². The monoisotopic (exact) mass is 261 g/mol. The van der Waals surface area contributed by atoms with Gasteiger partial charge in [0.2, 0.25) is 5.91 Å². The topological polar surface area (TPSA) is 26.8 Å². The van der Waals surface area contributed by atoms with Crippen molar-refractivity contribution in [2.45, 2.75) is 6.92 Å². The highest BCUT2D eigenvalue weighted by atomic mass is 16.2. The Bertz CT molecular complexity index is 439. The number of benzene rings is 1. The van der Waals surface area contributed by atoms with Gasteiger partial charge in [0.25, 0.3) is 0 Å². The van der Waals surface area contributed by atoms with Crippen LogP contribution in [-0.2, 0) is 4.79 Å². The first-order chi connectivity index (χ1) is 9.08. The normalized spacial score (nSPS) is 17.4. The summed E-state index contributed by atoms with van der Waals surface area (Å²) in [4.78, 5) is 18.6. The number of amides is 1. The average molecular weight is 261 g/mol. The van der Waals surface area contributed by atoms with E-state index in [1.165, 1.54) is 0 Å². The van der Waals surface area contributed by atoms with Crippen molar-refractivity contribution in [2.75, 3.05) is 51.7 Å². The van der Waals surface area contributed by atoms with Crippen molar-refractivity contribution in [3.63, 3.8) is 0 Å². The molecule has 104 valence electrons. The number of para-hydroxylation sites is 1. The predicted octanol–water partition coefficient (Wildman–Crippen LogP) is 1.21. The Morgan fingerprint density at radius 3 is 2.47 bits per heavy atom. The maximum atomic E-state index is 12.3. The van der Waals surface area contributed by atoms with E-state index in [0.29, 0.717) is 6.54 Å². The standard InChI is InChI=1S/C15H23N3O/c1-13-6-4-5-7-14(13)17(3)15(19)12-18-10-8-16(2)9-11-18/h4-7H,8-12H2,1-3H3. The maximum absolute atomic E-state index is 12.3. The molecule has 1 aliphatic heterocycles. The van der Waals surface area contributed by atoms with Gasteiger partial charge in [0.1, 0.15) is 0 Å². The number of carbonyl (C=O) groups excluding carboxylic acids is 1. The number of aryl methyl sites for hydroxylation is 1. The lowest BCUT2D eigenvalue weighted by Crippen LogP contribution is -2.48. The van der Waals surface area contributed by atoms with E-state index >= 15 is 0 Å². The van der Waals surface area contributed by atoms with Crippen LogP contribution in [-0.4, -0.2) is 62.5 Å². The number of likely N-dealkylation sites (N-methyl/N-ethyl adjacent to an activating group) is 2. The van der Waals surface area contributed by atoms with E-state index < -0.39 is 0 Å². The number of nitrogens with zero attached hydrogens (tertiary/aromatic N) is 3. The highest BCUT2D eigenvalue weighted by molar-refractivity contribution is 5.94. The molecule has 1 fully saturated rings. The van der Waals surface area contributed by atoms with Crippen LogP contribution in [0.4, 0.5) is 5.69 Å². The molecule has 0 unspecified atom stereocenters. The van der Waals surface area contributed by atoms with Crippen molar-refractivity contribution in [3.05, 3.63) is 29.8 Å². The Labute approximate surface area is 115 Å². The lowest BCUT2D eigenvalue weighted by Gasteiger charge is -2.33. The van der Waals surface area contributed by atoms with Gasteiger partial charge in [0.05, 0.1) is 6.54 Å². The van der Waals surface area contributed by atoms with Crippen molar-refractivity contribution in [1.82, 2.24) is 9.80 Å². The van der Waals surface area contributed by atoms with Gasteiger partial charge in [0.15, 0.2) is 0 Å². The molecule has 0 aromatic heterocycles. The molecule has 0 bridgehead atoms. The highest BCUT2D eigenvalue weighted by Crippen LogP contribution is 2.18. The molecule has 0 spiro atoms. The van der Waals surface area contributed by atoms with E-state index in [-0.39, 0.29) is 5.91 Å². The molecule has 1 saturated heterocycles. The average Bonchev–Trinajstić information content (AvgIpc) is 2.41. The zero-order valence-corrected chi connectivity index (χ0v) is 12.1. The Kier molecular flexibility index (Phi) is 4.56. The van der Waals surface area contributed by atoms with Gasteiger partial charge in [-0.15, -0.1) is 0 Å². The van der Waals surface area contributed by atoms with Crippen LogP contribution < -0.4 is 4.90 Å². The molecule has 2 rings (SSSR count). The van der Waals surface area contributed by atoms with Gasteiger partial charge >= 0.3 is 0 Å². The second-order valence-corrected chi connectivity index (χ2v) is 5.32. The summed E-state index contributed by atoms with van der Waals surface area (Å²) in [6, 6.07) is 8.01. The van der Waals surface area contributed by atoms with E-state index in [1.54, 1.807) is 4.90 Å². The third-order valence-electron chi connectivity index (χ3n) is 3.81. The van der Waals surface area contributed by atoms with Gasteiger partial charge in [0, 0.05) is 38.9 Å². The van der Waals surface area contributed by atoms with Gasteiger partial charge < -0.3 is 9.80 Å². The molecule has 1 heterocycles. The largest absolute Gasteiger partial charge is 0.314 e. The molecule has 1 aromatic rings. The number of hydrogen-bond acceptors (Lipinski definition) is 3. The minimum atomic E-state index is 0.166. The minimum absolute atomic E-state index is 0.166. The van der Waals surface area contributed by atoms with Crippen molar-refractivity contribution < 1.29 is 4.79 Å². The molecular weight excluding hydrogens is 238 g/mol. The minimum Gasteiger partial charge on any atom is -0.314 e. The zero-order chi connectivity index (χ0) is 13.8. The third kappa shape index (κ3) is 3.55. The summed E-state index contributed by atoms with van der Waals surface area (Å²) in [7, 11) is 3.99. The number of rotatable bonds is 3. The van der Waals surface area contributed by atoms with Crippen molar-refractivity contribution >= 4 is 11.6 Å². The molecule has 4 heteroatoms. The maximum Gasteiger partial charge on any atom is 0.240 e. The van der Waals surface area contributed by atoms with E-state index in [9.17, 15) is 4.79 Å². The number of hydrogen-bond donors (Lipinski definition) is 0. The quantitative estimate of drug-likeness (QED) is 0.818. The molecular formula is C15H23N3O. The Morgan fingerprint density at radius 2 is 1.84 bits per heavy atom. The molecule has 19 heavy (non-hydrogen) atoms. The summed E-state index contributed by atoms with van der Waals surface area (Å²) < 4.78 is 0. The molecule has 1 aliphatic rings. The molecule has 4 nitrogen and oxygen atoms in total. The van der Waals surface area contributed by atoms with Crippen LogP contribution in [0.5, 0.6) is 0 Å². The van der Waals surface area contributed by atoms with E-state index in [4.69, 9.17) is 0 Å². The van der Waals surface area contributed by atoms with Gasteiger partial charge in [-0.3, -0.25) is 9.69 Å². The van der Waals surface area contributed by atoms with E-state index in [0.717, 1.165) is 37.4 Å². The number of anilines is 1. The fourth-order valence-corrected chi connectivity index (χ4v) is 2.38. The van der Waals surface area contributed by atoms with Crippen LogP contribution in [0.3, 0.4) is 0 Å². The van der Waals surface area contributed by atoms with Gasteiger partial charge in [-0.2, -0.15) is 0 Å². The van der Waals surface area contributed by atoms with Gasteiger partial charge in [-0.25, -0.2) is 0 Å². The summed E-state index contributed by atoms with van der Waals surface area (Å²) >= 11 is 0. The van der Waals surface area contributed by atoms with Crippen molar-refractivity contribution in [3.8, 4) is 0 Å². The van der Waals surface area contributed by atoms with Crippen LogP contribution in [0.15, 0.2) is 24.3 Å². The molecule has 0 aliphatic carbocycles. The summed E-state index contributed by atoms with van der Waals surface area (Å²) in [5.41, 5.74) is 2.14. The van der Waals surface area contributed by atoms with Gasteiger partial charge in [-0.05, 0) is 25.6 Å². The number of carbonyl (C=O) groups is 1. The second kappa shape index (κ2) is 6.17. The van der Waals surface area contributed by atoms with Crippen molar-refractivity contribution in [1.29, 1.82) is 0 Å². The first-order valence-corrected chi connectivity index (χ1v) is 6.81. The lowest BCUT2D eigenvalue weighted by atomic mass is 10.2. The molecule has 0 saturated carbocycles. The zero-order valence-electron chi connectivity index (χ0n) is 12.1. The van der Waals surface area contributed by atoms with E-state index in [2.05, 4.69) is 16.8 Å². The fourth-order valence-electron chi connectivity index (χ4n) is 2.38. The Balaban J connectivity index is 1.95.